The Labute approximate surface area is 151 Å². The van der Waals surface area contributed by atoms with Gasteiger partial charge in [0.2, 0.25) is 0 Å². The first-order chi connectivity index (χ1) is 12.5. The van der Waals surface area contributed by atoms with Gasteiger partial charge in [0.15, 0.2) is 5.82 Å². The molecule has 1 heterocycles. The zero-order valence-electron chi connectivity index (χ0n) is 14.9. The fourth-order valence-electron chi connectivity index (χ4n) is 2.53. The maximum absolute atomic E-state index is 13.3. The molecule has 0 radical (unpaired) electrons. The van der Waals surface area contributed by atoms with Crippen molar-refractivity contribution >= 4 is 22.8 Å². The number of rotatable bonds is 5. The van der Waals surface area contributed by atoms with Crippen molar-refractivity contribution < 1.29 is 13.9 Å². The van der Waals surface area contributed by atoms with Crippen LogP contribution in [0.1, 0.15) is 24.2 Å². The molecule has 0 fully saturated rings. The summed E-state index contributed by atoms with van der Waals surface area (Å²) in [5, 5.41) is 3.30. The molecule has 3 aromatic rings. The minimum absolute atomic E-state index is 0.304. The van der Waals surface area contributed by atoms with Gasteiger partial charge in [0.25, 0.3) is 0 Å². The smallest absolute Gasteiger partial charge is 0.337 e. The molecule has 1 aromatic heterocycles. The standard InChI is InChI=1S/C20H20FN3O2/c1-12(2)11-22-19-18(13-4-7-15(21)8-5-13)23-16-9-6-14(20(25)26-3)10-17(16)24-19/h4-10,12H,11H2,1-3H3,(H,22,24). The minimum atomic E-state index is -0.423. The lowest BCUT2D eigenvalue weighted by molar-refractivity contribution is 0.0601. The van der Waals surface area contributed by atoms with Gasteiger partial charge in [-0.05, 0) is 48.4 Å². The zero-order chi connectivity index (χ0) is 18.7. The van der Waals surface area contributed by atoms with Gasteiger partial charge in [0.1, 0.15) is 11.5 Å². The average Bonchev–Trinajstić information content (AvgIpc) is 2.65. The number of benzene rings is 2. The van der Waals surface area contributed by atoms with Crippen LogP contribution < -0.4 is 5.32 Å². The predicted octanol–water partition coefficient (Wildman–Crippen LogP) is 4.29. The number of nitrogens with one attached hydrogen (secondary N) is 1. The molecular formula is C20H20FN3O2. The second-order valence-electron chi connectivity index (χ2n) is 6.40. The number of hydrogen-bond donors (Lipinski definition) is 1. The lowest BCUT2D eigenvalue weighted by Crippen LogP contribution is -2.11. The van der Waals surface area contributed by atoms with Crippen molar-refractivity contribution in [1.82, 2.24) is 9.97 Å². The number of carbonyl (C=O) groups excluding carboxylic acids is 1. The fraction of sp³-hybridized carbons (Fsp3) is 0.250. The largest absolute Gasteiger partial charge is 0.465 e. The van der Waals surface area contributed by atoms with Gasteiger partial charge in [-0.15, -0.1) is 0 Å². The molecule has 3 rings (SSSR count). The highest BCUT2D eigenvalue weighted by molar-refractivity contribution is 5.94. The Balaban J connectivity index is 2.13. The number of anilines is 1. The Hall–Kier alpha value is -3.02. The summed E-state index contributed by atoms with van der Waals surface area (Å²) < 4.78 is 18.0. The van der Waals surface area contributed by atoms with Crippen molar-refractivity contribution in [3.63, 3.8) is 0 Å². The number of halogens is 1. The Bertz CT molecular complexity index is 940. The number of fused-ring (bicyclic) bond motifs is 1. The van der Waals surface area contributed by atoms with E-state index < -0.39 is 5.97 Å². The van der Waals surface area contributed by atoms with E-state index in [1.54, 1.807) is 30.3 Å². The third-order valence-electron chi connectivity index (χ3n) is 3.88. The van der Waals surface area contributed by atoms with Crippen molar-refractivity contribution in [3.8, 4) is 11.3 Å². The first-order valence-corrected chi connectivity index (χ1v) is 8.38. The highest BCUT2D eigenvalue weighted by atomic mass is 19.1. The molecule has 0 aliphatic heterocycles. The highest BCUT2D eigenvalue weighted by Gasteiger charge is 2.14. The molecule has 0 aliphatic carbocycles. The van der Waals surface area contributed by atoms with E-state index in [0.29, 0.717) is 40.6 Å². The van der Waals surface area contributed by atoms with Crippen molar-refractivity contribution in [3.05, 3.63) is 53.8 Å². The Morgan fingerprint density at radius 3 is 2.50 bits per heavy atom. The molecule has 0 bridgehead atoms. The molecule has 0 saturated carbocycles. The van der Waals surface area contributed by atoms with E-state index in [9.17, 15) is 9.18 Å². The lowest BCUT2D eigenvalue weighted by Gasteiger charge is -2.14. The summed E-state index contributed by atoms with van der Waals surface area (Å²) in [5.74, 6) is 0.282. The second kappa shape index (κ2) is 7.47. The van der Waals surface area contributed by atoms with Crippen LogP contribution in [0, 0.1) is 11.7 Å². The van der Waals surface area contributed by atoms with Gasteiger partial charge >= 0.3 is 5.97 Å². The quantitative estimate of drug-likeness (QED) is 0.693. The number of nitrogens with zero attached hydrogens (tertiary/aromatic N) is 2. The van der Waals surface area contributed by atoms with Crippen LogP contribution in [0.25, 0.3) is 22.3 Å². The van der Waals surface area contributed by atoms with Crippen molar-refractivity contribution in [2.75, 3.05) is 19.0 Å². The molecule has 2 aromatic carbocycles. The molecule has 26 heavy (non-hydrogen) atoms. The number of aromatic nitrogens is 2. The molecule has 6 heteroatoms. The van der Waals surface area contributed by atoms with Gasteiger partial charge in [-0.3, -0.25) is 0 Å². The van der Waals surface area contributed by atoms with Crippen LogP contribution in [0.15, 0.2) is 42.5 Å². The fourth-order valence-corrected chi connectivity index (χ4v) is 2.53. The molecule has 134 valence electrons. The number of carbonyl (C=O) groups is 1. The maximum Gasteiger partial charge on any atom is 0.337 e. The summed E-state index contributed by atoms with van der Waals surface area (Å²) in [6.07, 6.45) is 0. The van der Waals surface area contributed by atoms with E-state index in [0.717, 1.165) is 5.56 Å². The first-order valence-electron chi connectivity index (χ1n) is 8.38. The molecule has 1 N–H and O–H groups in total. The Morgan fingerprint density at radius 1 is 1.12 bits per heavy atom. The van der Waals surface area contributed by atoms with Crippen LogP contribution in [0.5, 0.6) is 0 Å². The first kappa shape index (κ1) is 17.8. The van der Waals surface area contributed by atoms with E-state index in [1.165, 1.54) is 19.2 Å². The summed E-state index contributed by atoms with van der Waals surface area (Å²) in [7, 11) is 1.34. The molecule has 0 unspecified atom stereocenters. The summed E-state index contributed by atoms with van der Waals surface area (Å²) in [6.45, 7) is 4.90. The van der Waals surface area contributed by atoms with Gasteiger partial charge in [-0.2, -0.15) is 0 Å². The molecule has 0 aliphatic rings. The van der Waals surface area contributed by atoms with Crippen molar-refractivity contribution in [2.24, 2.45) is 5.92 Å². The minimum Gasteiger partial charge on any atom is -0.465 e. The van der Waals surface area contributed by atoms with Crippen LogP contribution >= 0.6 is 0 Å². The third-order valence-corrected chi connectivity index (χ3v) is 3.88. The van der Waals surface area contributed by atoms with Gasteiger partial charge in [0, 0.05) is 12.1 Å². The molecule has 0 amide bonds. The topological polar surface area (TPSA) is 64.1 Å². The highest BCUT2D eigenvalue weighted by Crippen LogP contribution is 2.28. The van der Waals surface area contributed by atoms with Gasteiger partial charge < -0.3 is 10.1 Å². The Morgan fingerprint density at radius 2 is 1.85 bits per heavy atom. The molecule has 0 atom stereocenters. The monoisotopic (exact) mass is 353 g/mol. The van der Waals surface area contributed by atoms with Crippen molar-refractivity contribution in [2.45, 2.75) is 13.8 Å². The van der Waals surface area contributed by atoms with Gasteiger partial charge in [-0.1, -0.05) is 13.8 Å². The third kappa shape index (κ3) is 3.79. The van der Waals surface area contributed by atoms with Crippen molar-refractivity contribution in [1.29, 1.82) is 0 Å². The maximum atomic E-state index is 13.3. The van der Waals surface area contributed by atoms with E-state index in [-0.39, 0.29) is 5.82 Å². The number of ether oxygens (including phenoxy) is 1. The van der Waals surface area contributed by atoms with Crippen LogP contribution in [0.2, 0.25) is 0 Å². The molecule has 0 spiro atoms. The normalized spacial score (nSPS) is 11.0. The predicted molar refractivity (Wildman–Crippen MR) is 99.6 cm³/mol. The number of methoxy groups -OCH3 is 1. The summed E-state index contributed by atoms with van der Waals surface area (Å²) in [6, 6.07) is 11.2. The molecule has 0 saturated heterocycles. The van der Waals surface area contributed by atoms with Crippen LogP contribution in [0.3, 0.4) is 0 Å². The lowest BCUT2D eigenvalue weighted by atomic mass is 10.1. The van der Waals surface area contributed by atoms with E-state index in [4.69, 9.17) is 4.74 Å². The summed E-state index contributed by atoms with van der Waals surface area (Å²) in [4.78, 5) is 21.1. The Kier molecular flexibility index (Phi) is 5.11. The summed E-state index contributed by atoms with van der Waals surface area (Å²) >= 11 is 0. The second-order valence-corrected chi connectivity index (χ2v) is 6.40. The van der Waals surface area contributed by atoms with Gasteiger partial charge in [0.05, 0.1) is 23.7 Å². The SMILES string of the molecule is COC(=O)c1ccc2nc(-c3ccc(F)cc3)c(NCC(C)C)nc2c1. The van der Waals surface area contributed by atoms with Crippen LogP contribution in [-0.2, 0) is 4.74 Å². The molecule has 5 nitrogen and oxygen atoms in total. The number of esters is 1. The van der Waals surface area contributed by atoms with E-state index in [1.807, 2.05) is 0 Å². The zero-order valence-corrected chi connectivity index (χ0v) is 14.9. The van der Waals surface area contributed by atoms with Gasteiger partial charge in [-0.25, -0.2) is 19.2 Å². The van der Waals surface area contributed by atoms with E-state index in [2.05, 4.69) is 29.1 Å². The average molecular weight is 353 g/mol. The van der Waals surface area contributed by atoms with Crippen LogP contribution in [-0.4, -0.2) is 29.6 Å². The summed E-state index contributed by atoms with van der Waals surface area (Å²) in [5.41, 5.74) is 3.06. The van der Waals surface area contributed by atoms with E-state index >= 15 is 0 Å². The number of hydrogen-bond acceptors (Lipinski definition) is 5. The molecular weight excluding hydrogens is 333 g/mol. The van der Waals surface area contributed by atoms with Crippen LogP contribution in [0.4, 0.5) is 10.2 Å².